The second-order valence-corrected chi connectivity index (χ2v) is 5.32. The lowest BCUT2D eigenvalue weighted by Crippen LogP contribution is -2.50. The normalized spacial score (nSPS) is 22.4. The molecule has 0 aromatic carbocycles. The maximum Gasteiger partial charge on any atom is 0.317 e. The number of likely N-dealkylation sites (tertiary alicyclic amines) is 1. The average Bonchev–Trinajstić information content (AvgIpc) is 2.47. The number of rotatable bonds is 4. The van der Waals surface area contributed by atoms with E-state index in [-0.39, 0.29) is 6.03 Å². The summed E-state index contributed by atoms with van der Waals surface area (Å²) < 4.78 is 5.50. The molecule has 0 unspecified atom stereocenters. The number of hydrogen-bond donors (Lipinski definition) is 1. The molecule has 2 rings (SSSR count). The minimum absolute atomic E-state index is 0.0128. The fourth-order valence-corrected chi connectivity index (χ4v) is 2.48. The van der Waals surface area contributed by atoms with Crippen molar-refractivity contribution in [1.29, 1.82) is 0 Å². The number of aromatic nitrogens is 1. The van der Waals surface area contributed by atoms with Gasteiger partial charge >= 0.3 is 6.03 Å². The van der Waals surface area contributed by atoms with Crippen LogP contribution in [-0.2, 0) is 0 Å². The second kappa shape index (κ2) is 7.12. The van der Waals surface area contributed by atoms with E-state index in [0.717, 1.165) is 18.7 Å². The number of carbonyl (C=O) groups excluding carboxylic acids is 1. The van der Waals surface area contributed by atoms with E-state index < -0.39 is 0 Å². The Labute approximate surface area is 120 Å². The lowest BCUT2D eigenvalue weighted by Gasteiger charge is -2.37. The van der Waals surface area contributed by atoms with Crippen molar-refractivity contribution in [2.75, 3.05) is 19.7 Å². The summed E-state index contributed by atoms with van der Waals surface area (Å²) in [5.41, 5.74) is 0. The van der Waals surface area contributed by atoms with Crippen molar-refractivity contribution in [1.82, 2.24) is 15.2 Å². The number of nitrogens with one attached hydrogen (secondary N) is 1. The maximum absolute atomic E-state index is 12.1. The molecule has 5 heteroatoms. The molecular formula is C15H23N3O2. The molecule has 2 amide bonds. The van der Waals surface area contributed by atoms with E-state index in [0.29, 0.717) is 25.1 Å². The number of ether oxygens (including phenoxy) is 1. The van der Waals surface area contributed by atoms with Crippen LogP contribution >= 0.6 is 0 Å². The van der Waals surface area contributed by atoms with Crippen molar-refractivity contribution < 1.29 is 9.53 Å². The van der Waals surface area contributed by atoms with E-state index in [1.807, 2.05) is 17.0 Å². The molecule has 1 saturated heterocycles. The van der Waals surface area contributed by atoms with E-state index in [1.165, 1.54) is 6.42 Å². The standard InChI is InChI=1S/C15H23N3O2/c1-12-5-4-9-18(13(12)2)15(19)17-8-10-20-14-6-3-7-16-11-14/h3,6-7,11-13H,4-5,8-10H2,1-2H3,(H,17,19)/t12-,13-/m0/s1. The van der Waals surface area contributed by atoms with E-state index in [9.17, 15) is 4.79 Å². The molecule has 0 radical (unpaired) electrons. The Kier molecular flexibility index (Phi) is 5.21. The van der Waals surface area contributed by atoms with Crippen LogP contribution in [0.2, 0.25) is 0 Å². The third kappa shape index (κ3) is 3.85. The smallest absolute Gasteiger partial charge is 0.317 e. The van der Waals surface area contributed by atoms with Gasteiger partial charge in [-0.2, -0.15) is 0 Å². The molecule has 1 aromatic rings. The SMILES string of the molecule is C[C@H]1CCCN(C(=O)NCCOc2cccnc2)[C@H]1C. The van der Waals surface area contributed by atoms with E-state index in [4.69, 9.17) is 4.74 Å². The van der Waals surface area contributed by atoms with Crippen molar-refractivity contribution >= 4 is 6.03 Å². The molecule has 2 heterocycles. The van der Waals surface area contributed by atoms with Crippen molar-refractivity contribution in [3.63, 3.8) is 0 Å². The minimum Gasteiger partial charge on any atom is -0.490 e. The molecule has 2 atom stereocenters. The number of urea groups is 1. The van der Waals surface area contributed by atoms with Crippen molar-refractivity contribution in [3.8, 4) is 5.75 Å². The van der Waals surface area contributed by atoms with Crippen LogP contribution in [0.3, 0.4) is 0 Å². The minimum atomic E-state index is 0.0128. The average molecular weight is 277 g/mol. The monoisotopic (exact) mass is 277 g/mol. The lowest BCUT2D eigenvalue weighted by molar-refractivity contribution is 0.127. The van der Waals surface area contributed by atoms with E-state index in [2.05, 4.69) is 24.1 Å². The van der Waals surface area contributed by atoms with Gasteiger partial charge in [-0.05, 0) is 37.8 Å². The van der Waals surface area contributed by atoms with Crippen LogP contribution in [0.4, 0.5) is 4.79 Å². The Morgan fingerprint density at radius 2 is 2.40 bits per heavy atom. The highest BCUT2D eigenvalue weighted by molar-refractivity contribution is 5.74. The first-order valence-electron chi connectivity index (χ1n) is 7.26. The molecular weight excluding hydrogens is 254 g/mol. The lowest BCUT2D eigenvalue weighted by atomic mass is 9.92. The van der Waals surface area contributed by atoms with Gasteiger partial charge in [-0.1, -0.05) is 6.92 Å². The maximum atomic E-state index is 12.1. The van der Waals surface area contributed by atoms with Gasteiger partial charge in [0.1, 0.15) is 12.4 Å². The van der Waals surface area contributed by atoms with Gasteiger partial charge < -0.3 is 15.0 Å². The van der Waals surface area contributed by atoms with Crippen LogP contribution in [0.5, 0.6) is 5.75 Å². The number of carbonyl (C=O) groups is 1. The Hall–Kier alpha value is -1.78. The van der Waals surface area contributed by atoms with Gasteiger partial charge in [-0.15, -0.1) is 0 Å². The zero-order valence-electron chi connectivity index (χ0n) is 12.2. The predicted molar refractivity (Wildman–Crippen MR) is 77.7 cm³/mol. The molecule has 0 saturated carbocycles. The number of amides is 2. The summed E-state index contributed by atoms with van der Waals surface area (Å²) in [4.78, 5) is 18.0. The van der Waals surface area contributed by atoms with Gasteiger partial charge in [0.15, 0.2) is 0 Å². The molecule has 110 valence electrons. The zero-order chi connectivity index (χ0) is 14.4. The molecule has 20 heavy (non-hydrogen) atoms. The molecule has 5 nitrogen and oxygen atoms in total. The molecule has 0 bridgehead atoms. The van der Waals surface area contributed by atoms with Gasteiger partial charge in [0.25, 0.3) is 0 Å². The van der Waals surface area contributed by atoms with Crippen LogP contribution in [0.1, 0.15) is 26.7 Å². The van der Waals surface area contributed by atoms with Crippen LogP contribution in [0, 0.1) is 5.92 Å². The van der Waals surface area contributed by atoms with Gasteiger partial charge in [0, 0.05) is 18.8 Å². The van der Waals surface area contributed by atoms with Crippen LogP contribution in [0.15, 0.2) is 24.5 Å². The molecule has 1 aliphatic heterocycles. The molecule has 0 spiro atoms. The van der Waals surface area contributed by atoms with Crippen molar-refractivity contribution in [3.05, 3.63) is 24.5 Å². The highest BCUT2D eigenvalue weighted by atomic mass is 16.5. The summed E-state index contributed by atoms with van der Waals surface area (Å²) in [6.45, 7) is 6.13. The number of hydrogen-bond acceptors (Lipinski definition) is 3. The third-order valence-corrected chi connectivity index (χ3v) is 3.92. The number of pyridine rings is 1. The number of piperidine rings is 1. The van der Waals surface area contributed by atoms with Gasteiger partial charge in [0.2, 0.25) is 0 Å². The predicted octanol–water partition coefficient (Wildman–Crippen LogP) is 2.29. The summed E-state index contributed by atoms with van der Waals surface area (Å²) in [6, 6.07) is 4.00. The summed E-state index contributed by atoms with van der Waals surface area (Å²) in [5.74, 6) is 1.29. The first-order chi connectivity index (χ1) is 9.68. The molecule has 1 N–H and O–H groups in total. The molecule has 1 aromatic heterocycles. The quantitative estimate of drug-likeness (QED) is 0.859. The van der Waals surface area contributed by atoms with Crippen LogP contribution in [-0.4, -0.2) is 41.7 Å². The third-order valence-electron chi connectivity index (χ3n) is 3.92. The van der Waals surface area contributed by atoms with E-state index >= 15 is 0 Å². The molecule has 1 aliphatic rings. The highest BCUT2D eigenvalue weighted by Crippen LogP contribution is 2.22. The van der Waals surface area contributed by atoms with Crippen molar-refractivity contribution in [2.45, 2.75) is 32.7 Å². The van der Waals surface area contributed by atoms with Gasteiger partial charge in [-0.25, -0.2) is 4.79 Å². The van der Waals surface area contributed by atoms with Crippen LogP contribution in [0.25, 0.3) is 0 Å². The molecule has 1 fully saturated rings. The van der Waals surface area contributed by atoms with Crippen LogP contribution < -0.4 is 10.1 Å². The summed E-state index contributed by atoms with van der Waals surface area (Å²) >= 11 is 0. The van der Waals surface area contributed by atoms with Crippen molar-refractivity contribution in [2.24, 2.45) is 5.92 Å². The first-order valence-corrected chi connectivity index (χ1v) is 7.26. The second-order valence-electron chi connectivity index (χ2n) is 5.32. The Balaban J connectivity index is 1.70. The first kappa shape index (κ1) is 14.6. The summed E-state index contributed by atoms with van der Waals surface area (Å²) in [5, 5.41) is 2.92. The fraction of sp³-hybridized carbons (Fsp3) is 0.600. The summed E-state index contributed by atoms with van der Waals surface area (Å²) in [7, 11) is 0. The highest BCUT2D eigenvalue weighted by Gasteiger charge is 2.27. The molecule has 0 aliphatic carbocycles. The Morgan fingerprint density at radius 3 is 3.15 bits per heavy atom. The topological polar surface area (TPSA) is 54.5 Å². The van der Waals surface area contributed by atoms with Gasteiger partial charge in [-0.3, -0.25) is 4.98 Å². The van der Waals surface area contributed by atoms with Gasteiger partial charge in [0.05, 0.1) is 12.7 Å². The largest absolute Gasteiger partial charge is 0.490 e. The van der Waals surface area contributed by atoms with E-state index in [1.54, 1.807) is 12.4 Å². The Morgan fingerprint density at radius 1 is 1.55 bits per heavy atom. The Bertz CT molecular complexity index is 424. The fourth-order valence-electron chi connectivity index (χ4n) is 2.48. The zero-order valence-corrected chi connectivity index (χ0v) is 12.2. The summed E-state index contributed by atoms with van der Waals surface area (Å²) in [6.07, 6.45) is 5.66. The number of nitrogens with zero attached hydrogens (tertiary/aromatic N) is 2.